The molecule has 1 unspecified atom stereocenters. The van der Waals surface area contributed by atoms with Crippen molar-refractivity contribution in [3.8, 4) is 0 Å². The zero-order chi connectivity index (χ0) is 92.9. The van der Waals surface area contributed by atoms with Crippen LogP contribution in [0.15, 0.2) is 4.99 Å². The molecule has 40 heteroatoms. The molecule has 680 valence electrons. The number of amides is 17. The van der Waals surface area contributed by atoms with E-state index in [1.807, 2.05) is 0 Å². The van der Waals surface area contributed by atoms with E-state index in [9.17, 15) is 91.1 Å². The van der Waals surface area contributed by atoms with Gasteiger partial charge in [0.1, 0.15) is 98.4 Å². The lowest BCUT2D eigenvalue weighted by Crippen LogP contribution is -2.67. The summed E-state index contributed by atoms with van der Waals surface area (Å²) in [5, 5.41) is 49.1. The Balaban J connectivity index is 3.01. The molecule has 0 aliphatic carbocycles. The van der Waals surface area contributed by atoms with Gasteiger partial charge in [-0.05, 0) is 190 Å². The highest BCUT2D eigenvalue weighted by molar-refractivity contribution is 6.05. The summed E-state index contributed by atoms with van der Waals surface area (Å²) in [6.07, 6.45) is 10.7. The minimum absolute atomic E-state index is 0.0106. The molecule has 120 heavy (non-hydrogen) atoms. The fraction of sp³-hybridized carbons (Fsp3) is 0.750. The van der Waals surface area contributed by atoms with Gasteiger partial charge in [0.2, 0.25) is 100 Å². The Labute approximate surface area is 705 Å². The van der Waals surface area contributed by atoms with Crippen LogP contribution >= 0.6 is 0 Å². The van der Waals surface area contributed by atoms with Crippen LogP contribution in [-0.4, -0.2) is 240 Å². The first-order chi connectivity index (χ1) is 54.8. The zero-order valence-corrected chi connectivity index (χ0v) is 75.0. The third-order valence-electron chi connectivity index (χ3n) is 20.2. The fourth-order valence-electron chi connectivity index (χ4n) is 11.7. The molecule has 1 aliphatic rings. The topological polar surface area (TPSA) is 605 Å². The molecular weight excluding hydrogens is 1560 g/mol. The van der Waals surface area contributed by atoms with Gasteiger partial charge < -0.3 is 107 Å². The third-order valence-corrected chi connectivity index (χ3v) is 20.2. The van der Waals surface area contributed by atoms with Gasteiger partial charge in [-0.25, -0.2) is 0 Å². The van der Waals surface area contributed by atoms with Gasteiger partial charge in [0.25, 0.3) is 0 Å². The maximum absolute atomic E-state index is 14.1. The number of carboxylic acid groups (broad SMARTS) is 1. The zero-order valence-electron chi connectivity index (χ0n) is 75.0. The second-order valence-corrected chi connectivity index (χ2v) is 35.6. The highest BCUT2D eigenvalue weighted by atomic mass is 16.4. The lowest BCUT2D eigenvalue weighted by atomic mass is 9.96. The Morgan fingerprint density at radius 3 is 1.21 bits per heavy atom. The van der Waals surface area contributed by atoms with E-state index in [1.54, 1.807) is 20.8 Å². The number of carboxylic acids is 1. The van der Waals surface area contributed by atoms with Crippen LogP contribution in [0.1, 0.15) is 263 Å². The molecular formula is C80H140N20O20. The maximum atomic E-state index is 14.1. The van der Waals surface area contributed by atoms with Crippen LogP contribution in [-0.2, 0) is 91.1 Å². The molecule has 0 saturated carbocycles. The maximum Gasteiger partial charge on any atom is 0.325 e. The van der Waals surface area contributed by atoms with Gasteiger partial charge >= 0.3 is 5.97 Å². The number of hydrogen-bond acceptors (Lipinski definition) is 20. The predicted octanol–water partition coefficient (Wildman–Crippen LogP) is -1.33. The molecule has 0 spiro atoms. The van der Waals surface area contributed by atoms with Gasteiger partial charge in [-0.1, -0.05) is 72.1 Å². The molecule has 1 heterocycles. The molecule has 1 aliphatic heterocycles. The second kappa shape index (κ2) is 46.3. The van der Waals surface area contributed by atoms with E-state index in [0.717, 1.165) is 25.7 Å². The molecule has 0 aromatic heterocycles. The van der Waals surface area contributed by atoms with Gasteiger partial charge in [0, 0.05) is 19.5 Å². The van der Waals surface area contributed by atoms with Crippen molar-refractivity contribution in [2.45, 2.75) is 356 Å². The Bertz CT molecular complexity index is 3750. The molecule has 1 rings (SSSR count). The predicted molar refractivity (Wildman–Crippen MR) is 446 cm³/mol. The number of nitrogens with two attached hydrogens (primary N) is 2. The largest absolute Gasteiger partial charge is 0.480 e. The number of carbonyl (C=O) groups is 19. The highest BCUT2D eigenvalue weighted by Gasteiger charge is 2.46. The number of hydrogen-bond donors (Lipinski definition) is 19. The molecule has 17 amide bonds. The molecule has 0 radical (unpaired) electrons. The number of carbonyl (C=O) groups excluding carboxylic acids is 18. The summed E-state index contributed by atoms with van der Waals surface area (Å²) in [5.41, 5.74) is -2.84. The van der Waals surface area contributed by atoms with Crippen LogP contribution in [0, 0.1) is 11.8 Å². The number of ketones is 1. The fourth-order valence-corrected chi connectivity index (χ4v) is 11.7. The summed E-state index contributed by atoms with van der Waals surface area (Å²) >= 11 is 0. The van der Waals surface area contributed by atoms with Crippen LogP contribution < -0.4 is 96.5 Å². The van der Waals surface area contributed by atoms with Crippen molar-refractivity contribution in [3.63, 3.8) is 0 Å². The van der Waals surface area contributed by atoms with Crippen molar-refractivity contribution >= 4 is 118 Å². The third kappa shape index (κ3) is 35.0. The van der Waals surface area contributed by atoms with Crippen molar-refractivity contribution in [3.05, 3.63) is 0 Å². The monoisotopic (exact) mass is 1700 g/mol. The smallest absolute Gasteiger partial charge is 0.325 e. The minimum Gasteiger partial charge on any atom is -0.480 e. The van der Waals surface area contributed by atoms with Crippen LogP contribution in [0.25, 0.3) is 0 Å². The molecule has 0 aromatic rings. The number of aliphatic imine (C=N–C) groups is 1. The van der Waals surface area contributed by atoms with Crippen LogP contribution in [0.3, 0.4) is 0 Å². The molecule has 0 aromatic carbocycles. The number of guanidine groups is 1. The van der Waals surface area contributed by atoms with E-state index in [4.69, 9.17) is 16.6 Å². The minimum atomic E-state index is -1.84. The van der Waals surface area contributed by atoms with E-state index in [1.165, 1.54) is 176 Å². The summed E-state index contributed by atoms with van der Waals surface area (Å²) in [7, 11) is 0. The standard InChI is InChI=1S/C80H140N20O20/c1-26-27-28-29-30-31-32-33-34-39-52(101)44(4)62(110)100-41-36-38-51(100)60(108)95-79(22,23)70(119)99-80(24,25)71(120)98-77(18,19)67(116)89-48(8)58(106)94-74(12,13)65(114)88-46(6)56(104)91-54(43(2)3)61(109)96-75(14,15)68(117)90-50(37-35-40-83-72(81)82)59(107)85-47(7)57(105)93-73(10,11)64(113)84-42-53(102)92-78(20,21)69(118)97-76(16,17)66(115)87-45(5)55(103)86-49(9)63(111)112/h43-51,54H,26-42H2,1-25H3,(H,84,113)(H,85,107)(H,86,103)(H,87,115)(H,88,114)(H,89,116)(H,90,117)(H,91,104)(H,92,102)(H,93,105)(H,94,106)(H,95,108)(H,96,109)(H,97,118)(H,98,120)(H,99,119)(H,111,112)(H4,81,82,83)/t44?,45-,46-,47-,48-,49-,50-,51-,54-/m0/s1. The van der Waals surface area contributed by atoms with Gasteiger partial charge in [-0.15, -0.1) is 0 Å². The van der Waals surface area contributed by atoms with Crippen LogP contribution in [0.5, 0.6) is 0 Å². The van der Waals surface area contributed by atoms with Gasteiger partial charge in [0.15, 0.2) is 5.96 Å². The summed E-state index contributed by atoms with van der Waals surface area (Å²) in [4.78, 5) is 261. The lowest BCUT2D eigenvalue weighted by molar-refractivity contribution is -0.146. The van der Waals surface area contributed by atoms with E-state index < -0.39 is 217 Å². The average Bonchev–Trinajstić information content (AvgIpc) is 0.909. The van der Waals surface area contributed by atoms with Crippen molar-refractivity contribution in [2.24, 2.45) is 28.3 Å². The molecule has 0 bridgehead atoms. The van der Waals surface area contributed by atoms with Gasteiger partial charge in [0.05, 0.1) is 12.5 Å². The van der Waals surface area contributed by atoms with E-state index in [2.05, 4.69) is 97.0 Å². The number of aliphatic carboxylic acids is 1. The van der Waals surface area contributed by atoms with E-state index in [-0.39, 0.29) is 44.1 Å². The van der Waals surface area contributed by atoms with Crippen molar-refractivity contribution in [1.82, 2.24) is 90.0 Å². The van der Waals surface area contributed by atoms with E-state index in [0.29, 0.717) is 19.3 Å². The summed E-state index contributed by atoms with van der Waals surface area (Å²) in [6, 6.07) is -10.3. The molecule has 1 saturated heterocycles. The summed E-state index contributed by atoms with van der Waals surface area (Å²) in [5.74, 6) is -17.4. The first kappa shape index (κ1) is 107. The normalized spacial score (nSPS) is 15.3. The second-order valence-electron chi connectivity index (χ2n) is 35.6. The first-order valence-corrected chi connectivity index (χ1v) is 41.0. The number of nitrogens with one attached hydrogen (secondary N) is 16. The number of Topliss-reactive ketones (excluding diaryl/α,β-unsaturated/α-hetero) is 1. The highest BCUT2D eigenvalue weighted by Crippen LogP contribution is 2.24. The molecule has 21 N–H and O–H groups in total. The quantitative estimate of drug-likeness (QED) is 0.0145. The van der Waals surface area contributed by atoms with E-state index >= 15 is 0 Å². The van der Waals surface area contributed by atoms with Crippen molar-refractivity contribution < 1.29 is 96.2 Å². The van der Waals surface area contributed by atoms with Crippen molar-refractivity contribution in [2.75, 3.05) is 19.6 Å². The van der Waals surface area contributed by atoms with Crippen molar-refractivity contribution in [1.29, 1.82) is 0 Å². The van der Waals surface area contributed by atoms with Gasteiger partial charge in [-0.2, -0.15) is 0 Å². The Kier molecular flexibility index (Phi) is 41.4. The number of nitrogens with zero attached hydrogens (tertiary/aromatic N) is 2. The van der Waals surface area contributed by atoms with Gasteiger partial charge in [-0.3, -0.25) is 96.1 Å². The average molecular weight is 1700 g/mol. The Hall–Kier alpha value is -10.6. The Morgan fingerprint density at radius 2 is 0.767 bits per heavy atom. The SMILES string of the molecule is CCCCCCCCCCCC(=O)C(C)C(=O)N1CCC[C@H]1C(=O)NC(C)(C)C(=O)NC(C)(C)C(=O)NC(C)(C)C(=O)N[C@@H](C)C(=O)NC(C)(C)C(=O)N[C@@H](C)C(=O)N[C@H](C(=O)NC(C)(C)C(=O)N[C@@H](CCCN=C(N)N)C(=O)N[C@@H](C)C(=O)NC(C)(C)C(=O)NCC(=O)NC(C)(C)C(=O)NC(C)(C)C(=O)N[C@@H](C)C(=O)N[C@@H](C)C(=O)O)C(C)C. The molecule has 40 nitrogen and oxygen atoms in total. The number of unbranched alkanes of at least 4 members (excludes halogenated alkanes) is 8. The molecule has 9 atom stereocenters. The summed E-state index contributed by atoms with van der Waals surface area (Å²) < 4.78 is 0. The Morgan fingerprint density at radius 1 is 0.400 bits per heavy atom. The first-order valence-electron chi connectivity index (χ1n) is 41.0. The molecule has 1 fully saturated rings. The lowest BCUT2D eigenvalue weighted by Gasteiger charge is -2.35. The van der Waals surface area contributed by atoms with Crippen LogP contribution in [0.4, 0.5) is 0 Å². The van der Waals surface area contributed by atoms with Crippen LogP contribution in [0.2, 0.25) is 0 Å². The number of rotatable bonds is 50. The summed E-state index contributed by atoms with van der Waals surface area (Å²) in [6.45, 7) is 34.1. The number of likely N-dealkylation sites (tertiary alicyclic amines) is 1.